The van der Waals surface area contributed by atoms with E-state index in [9.17, 15) is 22.8 Å². The van der Waals surface area contributed by atoms with Crippen molar-refractivity contribution in [3.63, 3.8) is 0 Å². The average molecular weight is 457 g/mol. The summed E-state index contributed by atoms with van der Waals surface area (Å²) in [6.07, 6.45) is 2.96. The molecule has 1 amide bonds. The second kappa shape index (κ2) is 8.65. The number of carbonyl (C=O) groups is 1. The summed E-state index contributed by atoms with van der Waals surface area (Å²) in [7, 11) is 0. The van der Waals surface area contributed by atoms with Crippen LogP contribution in [0.3, 0.4) is 0 Å². The van der Waals surface area contributed by atoms with E-state index < -0.39 is 17.7 Å². The smallest absolute Gasteiger partial charge is 0.268 e. The molecule has 0 aliphatic heterocycles. The fraction of sp³-hybridized carbons (Fsp3) is 0.400. The lowest BCUT2D eigenvalue weighted by Crippen LogP contribution is -2.22. The van der Waals surface area contributed by atoms with Crippen molar-refractivity contribution < 1.29 is 18.0 Å². The summed E-state index contributed by atoms with van der Waals surface area (Å²) in [5, 5.41) is 0.150. The number of aryl methyl sites for hydroxylation is 1. The number of hydrogen-bond donors (Lipinski definition) is 2. The molecular formula is C25H26F3N3O2. The molecule has 2 saturated carbocycles. The van der Waals surface area contributed by atoms with Gasteiger partial charge < -0.3 is 10.7 Å². The maximum absolute atomic E-state index is 13.9. The van der Waals surface area contributed by atoms with Crippen LogP contribution in [0.5, 0.6) is 0 Å². The van der Waals surface area contributed by atoms with Crippen molar-refractivity contribution in [1.29, 1.82) is 0 Å². The fourth-order valence-electron chi connectivity index (χ4n) is 5.12. The fourth-order valence-corrected chi connectivity index (χ4v) is 5.12. The normalized spacial score (nSPS) is 23.1. The number of nitrogens with two attached hydrogens (primary N) is 1. The Bertz CT molecular complexity index is 1250. The number of rotatable bonds is 2. The lowest BCUT2D eigenvalue weighted by Gasteiger charge is -2.18. The number of fused-ring (bicyclic) bond motifs is 2. The van der Waals surface area contributed by atoms with Crippen LogP contribution >= 0.6 is 0 Å². The number of alkyl halides is 2. The van der Waals surface area contributed by atoms with Gasteiger partial charge in [0.25, 0.3) is 11.8 Å². The third-order valence-corrected chi connectivity index (χ3v) is 7.06. The van der Waals surface area contributed by atoms with Crippen molar-refractivity contribution in [2.45, 2.75) is 51.4 Å². The van der Waals surface area contributed by atoms with Gasteiger partial charge in [0.05, 0.1) is 10.9 Å². The van der Waals surface area contributed by atoms with E-state index in [-0.39, 0.29) is 40.6 Å². The molecule has 33 heavy (non-hydrogen) atoms. The van der Waals surface area contributed by atoms with E-state index in [4.69, 9.17) is 5.73 Å². The highest BCUT2D eigenvalue weighted by Crippen LogP contribution is 2.56. The first kappa shape index (κ1) is 23.0. The maximum atomic E-state index is 13.9. The van der Waals surface area contributed by atoms with E-state index in [1.165, 1.54) is 18.3 Å². The van der Waals surface area contributed by atoms with Crippen molar-refractivity contribution in [3.8, 4) is 0 Å². The molecule has 5 nitrogen and oxygen atoms in total. The second-order valence-electron chi connectivity index (χ2n) is 9.05. The lowest BCUT2D eigenvalue weighted by atomic mass is 9.97. The van der Waals surface area contributed by atoms with E-state index in [1.54, 1.807) is 19.1 Å². The van der Waals surface area contributed by atoms with Crippen LogP contribution in [-0.4, -0.2) is 21.8 Å². The number of nitrogens with one attached hydrogen (secondary N) is 1. The molecule has 3 N–H and O–H groups in total. The van der Waals surface area contributed by atoms with E-state index >= 15 is 0 Å². The van der Waals surface area contributed by atoms with E-state index in [1.807, 2.05) is 13.0 Å². The maximum Gasteiger partial charge on any atom is 0.268 e. The number of nitrogens with zero attached hydrogens (tertiary/aromatic N) is 1. The van der Waals surface area contributed by atoms with Crippen LogP contribution in [0.1, 0.15) is 58.9 Å². The van der Waals surface area contributed by atoms with E-state index in [0.29, 0.717) is 30.5 Å². The van der Waals surface area contributed by atoms with E-state index in [0.717, 1.165) is 11.1 Å². The average Bonchev–Trinajstić information content (AvgIpc) is 3.32. The molecule has 0 saturated heterocycles. The van der Waals surface area contributed by atoms with Gasteiger partial charge in [0.1, 0.15) is 11.5 Å². The van der Waals surface area contributed by atoms with Crippen LogP contribution in [-0.2, 0) is 0 Å². The number of carbonyl (C=O) groups excluding carboxylic acids is 1. The highest BCUT2D eigenvalue weighted by molar-refractivity contribution is 6.03. The molecule has 2 aliphatic rings. The lowest BCUT2D eigenvalue weighted by molar-refractivity contribution is -0.0412. The van der Waals surface area contributed by atoms with Crippen LogP contribution in [0.25, 0.3) is 10.9 Å². The van der Waals surface area contributed by atoms with Gasteiger partial charge in [0.2, 0.25) is 0 Å². The Labute approximate surface area is 189 Å². The van der Waals surface area contributed by atoms with Gasteiger partial charge in [-0.2, -0.15) is 0 Å². The van der Waals surface area contributed by atoms with Crippen LogP contribution < -0.4 is 11.2 Å². The molecule has 3 aromatic rings. The van der Waals surface area contributed by atoms with Crippen molar-refractivity contribution in [1.82, 2.24) is 9.97 Å². The molecule has 1 aromatic carbocycles. The molecule has 5 rings (SSSR count). The Hall–Kier alpha value is -3.16. The quantitative estimate of drug-likeness (QED) is 0.567. The molecule has 2 aromatic heterocycles. The zero-order chi connectivity index (χ0) is 23.9. The van der Waals surface area contributed by atoms with Crippen LogP contribution in [0.4, 0.5) is 13.2 Å². The number of aromatic nitrogens is 2. The van der Waals surface area contributed by atoms with Crippen LogP contribution in [0.15, 0.2) is 41.3 Å². The number of amides is 1. The zero-order valence-corrected chi connectivity index (χ0v) is 18.5. The molecule has 2 fully saturated rings. The summed E-state index contributed by atoms with van der Waals surface area (Å²) >= 11 is 0. The molecule has 8 heteroatoms. The number of hydrogen-bond acceptors (Lipinski definition) is 3. The summed E-state index contributed by atoms with van der Waals surface area (Å²) in [5.74, 6) is -4.15. The first-order valence-electron chi connectivity index (χ1n) is 11.0. The number of H-pyrrole nitrogens is 1. The minimum Gasteiger partial charge on any atom is -0.364 e. The van der Waals surface area contributed by atoms with Gasteiger partial charge in [-0.3, -0.25) is 14.6 Å². The monoisotopic (exact) mass is 457 g/mol. The van der Waals surface area contributed by atoms with Crippen LogP contribution in [0, 0.1) is 31.5 Å². The predicted molar refractivity (Wildman–Crippen MR) is 120 cm³/mol. The van der Waals surface area contributed by atoms with Gasteiger partial charge in [-0.15, -0.1) is 0 Å². The number of halogens is 3. The summed E-state index contributed by atoms with van der Waals surface area (Å²) in [5.41, 5.74) is 7.70. The zero-order valence-electron chi connectivity index (χ0n) is 18.5. The minimum atomic E-state index is -2.60. The molecule has 2 heterocycles. The molecule has 0 spiro atoms. The molecule has 3 atom stereocenters. The van der Waals surface area contributed by atoms with Gasteiger partial charge in [-0.05, 0) is 68.2 Å². The van der Waals surface area contributed by atoms with Crippen LogP contribution in [0.2, 0.25) is 0 Å². The Morgan fingerprint density at radius 1 is 1.21 bits per heavy atom. The Balaban J connectivity index is 0.000000243. The third-order valence-electron chi connectivity index (χ3n) is 7.06. The van der Waals surface area contributed by atoms with Crippen molar-refractivity contribution in [3.05, 3.63) is 75.1 Å². The van der Waals surface area contributed by atoms with Crippen molar-refractivity contribution in [2.75, 3.05) is 0 Å². The summed E-state index contributed by atoms with van der Waals surface area (Å²) in [6.45, 7) is 3.68. The number of primary amides is 1. The van der Waals surface area contributed by atoms with Crippen molar-refractivity contribution in [2.24, 2.45) is 17.6 Å². The minimum absolute atomic E-state index is 0.0165. The second-order valence-corrected chi connectivity index (χ2v) is 9.05. The van der Waals surface area contributed by atoms with Gasteiger partial charge in [-0.1, -0.05) is 12.1 Å². The molecule has 2 aliphatic carbocycles. The first-order valence-corrected chi connectivity index (χ1v) is 11.0. The summed E-state index contributed by atoms with van der Waals surface area (Å²) in [4.78, 5) is 30.9. The number of benzene rings is 1. The standard InChI is InChI=1S/C17H17F2N3O2.C8H9F/c18-17(19)3-1-8-5-9(6-10(8)17)12-7-13(23)14-11(22-12)2-4-21-15(14)16(20)24;1-6-4-3-5-8(9)7(6)2/h2,4,7-10H,1,3,5-6H2,(H2,20,24)(H,22,23);3-5H,1-2H3. The van der Waals surface area contributed by atoms with Gasteiger partial charge in [0, 0.05) is 30.3 Å². The molecule has 0 bridgehead atoms. The summed E-state index contributed by atoms with van der Waals surface area (Å²) in [6, 6.07) is 8.09. The highest BCUT2D eigenvalue weighted by Gasteiger charge is 2.54. The Kier molecular flexibility index (Phi) is 6.03. The third kappa shape index (κ3) is 4.38. The Morgan fingerprint density at radius 3 is 2.61 bits per heavy atom. The molecule has 174 valence electrons. The van der Waals surface area contributed by atoms with E-state index in [2.05, 4.69) is 9.97 Å². The van der Waals surface area contributed by atoms with Gasteiger partial charge in [-0.25, -0.2) is 13.2 Å². The number of pyridine rings is 2. The molecule has 0 radical (unpaired) electrons. The summed E-state index contributed by atoms with van der Waals surface area (Å²) < 4.78 is 40.4. The SMILES string of the molecule is Cc1cccc(F)c1C.NC(=O)c1nccc2[nH]c(C3CC4CCC(F)(F)C4C3)cc(=O)c12. The first-order chi connectivity index (χ1) is 15.6. The largest absolute Gasteiger partial charge is 0.364 e. The van der Waals surface area contributed by atoms with Crippen molar-refractivity contribution >= 4 is 16.8 Å². The van der Waals surface area contributed by atoms with Gasteiger partial charge >= 0.3 is 0 Å². The predicted octanol–water partition coefficient (Wildman–Crippen LogP) is 5.00. The Morgan fingerprint density at radius 2 is 1.97 bits per heavy atom. The topological polar surface area (TPSA) is 88.8 Å². The van der Waals surface area contributed by atoms with Gasteiger partial charge in [0.15, 0.2) is 5.43 Å². The highest BCUT2D eigenvalue weighted by atomic mass is 19.3. The molecule has 3 unspecified atom stereocenters. The molecular weight excluding hydrogens is 431 g/mol. The number of aromatic amines is 1.